The van der Waals surface area contributed by atoms with Gasteiger partial charge in [-0.05, 0) is 48.6 Å². The number of pyridine rings is 1. The van der Waals surface area contributed by atoms with Gasteiger partial charge in [-0.3, -0.25) is 0 Å². The Kier molecular flexibility index (Phi) is 5.56. The highest BCUT2D eigenvalue weighted by molar-refractivity contribution is 7.78. The molecule has 5 nitrogen and oxygen atoms in total. The molecule has 0 aliphatic carbocycles. The zero-order valence-electron chi connectivity index (χ0n) is 15.8. The lowest BCUT2D eigenvalue weighted by Crippen LogP contribution is -2.32. The van der Waals surface area contributed by atoms with E-state index in [0.717, 1.165) is 34.9 Å². The summed E-state index contributed by atoms with van der Waals surface area (Å²) < 4.78 is 13.2. The van der Waals surface area contributed by atoms with Crippen LogP contribution in [0.1, 0.15) is 5.56 Å². The molecular formula is C23H18N3O2S+. The van der Waals surface area contributed by atoms with Crippen LogP contribution in [0.4, 0.5) is 5.69 Å². The van der Waals surface area contributed by atoms with E-state index in [1.165, 1.54) is 5.56 Å². The van der Waals surface area contributed by atoms with Gasteiger partial charge in [0.25, 0.3) is 0 Å². The SMILES string of the molecule is COc1ccc(-c2cnc(-c3cc[n+](Cc4ccc(N=C=S)cc4)cc3)o2)cc1. The van der Waals surface area contributed by atoms with E-state index in [0.29, 0.717) is 5.89 Å². The van der Waals surface area contributed by atoms with Crippen molar-refractivity contribution in [3.63, 3.8) is 0 Å². The molecule has 0 amide bonds. The molecule has 2 aromatic carbocycles. The van der Waals surface area contributed by atoms with Crippen LogP contribution < -0.4 is 9.30 Å². The van der Waals surface area contributed by atoms with Crippen LogP contribution in [0.25, 0.3) is 22.8 Å². The number of aliphatic imine (C=N–C) groups is 1. The predicted molar refractivity (Wildman–Crippen MR) is 114 cm³/mol. The van der Waals surface area contributed by atoms with Crippen LogP contribution >= 0.6 is 12.2 Å². The second kappa shape index (κ2) is 8.61. The van der Waals surface area contributed by atoms with E-state index in [-0.39, 0.29) is 0 Å². The van der Waals surface area contributed by atoms with Crippen LogP contribution in [0.3, 0.4) is 0 Å². The van der Waals surface area contributed by atoms with Crippen LogP contribution in [0.15, 0.2) is 88.7 Å². The number of ether oxygens (including phenoxy) is 1. The standard InChI is InChI=1S/C23H18N3O2S/c1-27-21-8-4-18(5-9-21)22-14-24-23(28-22)19-10-12-26(13-11-19)15-17-2-6-20(7-3-17)25-16-29/h2-14H,15H2,1H3/q+1. The Labute approximate surface area is 174 Å². The number of rotatable bonds is 6. The van der Waals surface area contributed by atoms with Gasteiger partial charge in [0.1, 0.15) is 5.75 Å². The van der Waals surface area contributed by atoms with Crippen molar-refractivity contribution >= 4 is 23.1 Å². The van der Waals surface area contributed by atoms with Crippen LogP contribution in [-0.4, -0.2) is 17.3 Å². The Bertz CT molecular complexity index is 1140. The Balaban J connectivity index is 1.47. The lowest BCUT2D eigenvalue weighted by atomic mass is 10.2. The van der Waals surface area contributed by atoms with Crippen molar-refractivity contribution in [1.29, 1.82) is 0 Å². The minimum Gasteiger partial charge on any atom is -0.497 e. The van der Waals surface area contributed by atoms with Gasteiger partial charge < -0.3 is 9.15 Å². The minimum atomic E-state index is 0.588. The zero-order valence-corrected chi connectivity index (χ0v) is 16.6. The number of isothiocyanates is 1. The molecule has 2 aromatic heterocycles. The van der Waals surface area contributed by atoms with Crippen molar-refractivity contribution in [2.45, 2.75) is 6.54 Å². The highest BCUT2D eigenvalue weighted by atomic mass is 32.1. The van der Waals surface area contributed by atoms with Crippen LogP contribution in [0, 0.1) is 0 Å². The Hall–Kier alpha value is -3.60. The highest BCUT2D eigenvalue weighted by Gasteiger charge is 2.11. The molecule has 4 aromatic rings. The summed E-state index contributed by atoms with van der Waals surface area (Å²) in [6.07, 6.45) is 5.76. The molecule has 29 heavy (non-hydrogen) atoms. The number of oxazole rings is 1. The fourth-order valence-electron chi connectivity index (χ4n) is 2.94. The smallest absolute Gasteiger partial charge is 0.227 e. The van der Waals surface area contributed by atoms with Gasteiger partial charge in [-0.15, -0.1) is 0 Å². The number of thiocarbonyl (C=S) groups is 1. The van der Waals surface area contributed by atoms with Crippen LogP contribution in [0.2, 0.25) is 0 Å². The first kappa shape index (κ1) is 18.7. The number of benzene rings is 2. The van der Waals surface area contributed by atoms with Crippen molar-refractivity contribution in [2.24, 2.45) is 4.99 Å². The van der Waals surface area contributed by atoms with E-state index in [4.69, 9.17) is 9.15 Å². The van der Waals surface area contributed by atoms with Crippen LogP contribution in [0.5, 0.6) is 5.75 Å². The molecule has 0 saturated carbocycles. The zero-order chi connectivity index (χ0) is 20.1. The van der Waals surface area contributed by atoms with Gasteiger partial charge >= 0.3 is 0 Å². The van der Waals surface area contributed by atoms with Gasteiger partial charge in [-0.1, -0.05) is 12.1 Å². The van der Waals surface area contributed by atoms with Crippen molar-refractivity contribution in [3.8, 4) is 28.5 Å². The monoisotopic (exact) mass is 400 g/mol. The quantitative estimate of drug-likeness (QED) is 0.257. The van der Waals surface area contributed by atoms with E-state index >= 15 is 0 Å². The maximum atomic E-state index is 5.94. The molecule has 0 aliphatic rings. The number of aromatic nitrogens is 2. The summed E-state index contributed by atoms with van der Waals surface area (Å²) in [6, 6.07) is 19.6. The molecular weight excluding hydrogens is 382 g/mol. The van der Waals surface area contributed by atoms with Gasteiger partial charge in [0, 0.05) is 28.8 Å². The van der Waals surface area contributed by atoms with Crippen molar-refractivity contribution in [3.05, 3.63) is 84.8 Å². The molecule has 0 unspecified atom stereocenters. The highest BCUT2D eigenvalue weighted by Crippen LogP contribution is 2.26. The molecule has 0 saturated heterocycles. The van der Waals surface area contributed by atoms with Gasteiger partial charge in [0.2, 0.25) is 5.89 Å². The fraction of sp³-hybridized carbons (Fsp3) is 0.0870. The second-order valence-corrected chi connectivity index (χ2v) is 6.57. The summed E-state index contributed by atoms with van der Waals surface area (Å²) in [7, 11) is 1.65. The number of hydrogen-bond donors (Lipinski definition) is 0. The summed E-state index contributed by atoms with van der Waals surface area (Å²) in [5, 5.41) is 2.37. The van der Waals surface area contributed by atoms with E-state index in [2.05, 4.69) is 31.9 Å². The molecule has 142 valence electrons. The first-order valence-corrected chi connectivity index (χ1v) is 9.42. The summed E-state index contributed by atoms with van der Waals surface area (Å²) in [5.41, 5.74) is 3.85. The number of nitrogens with zero attached hydrogens (tertiary/aromatic N) is 3. The maximum Gasteiger partial charge on any atom is 0.227 e. The average molecular weight is 400 g/mol. The fourth-order valence-corrected chi connectivity index (χ4v) is 3.05. The van der Waals surface area contributed by atoms with Gasteiger partial charge in [0.15, 0.2) is 24.7 Å². The Morgan fingerprint density at radius 2 is 1.72 bits per heavy atom. The molecule has 0 fully saturated rings. The van der Waals surface area contributed by atoms with E-state index in [1.807, 2.05) is 73.1 Å². The second-order valence-electron chi connectivity index (χ2n) is 6.39. The molecule has 0 N–H and O–H groups in total. The third-order valence-electron chi connectivity index (χ3n) is 4.49. The van der Waals surface area contributed by atoms with Crippen molar-refractivity contribution in [1.82, 2.24) is 4.98 Å². The molecule has 0 aliphatic heterocycles. The molecule has 0 atom stereocenters. The summed E-state index contributed by atoms with van der Waals surface area (Å²) in [4.78, 5) is 8.38. The van der Waals surface area contributed by atoms with Crippen molar-refractivity contribution < 1.29 is 13.7 Å². The lowest BCUT2D eigenvalue weighted by molar-refractivity contribution is -0.688. The maximum absolute atomic E-state index is 5.94. The van der Waals surface area contributed by atoms with Gasteiger partial charge in [-0.25, -0.2) is 9.55 Å². The predicted octanol–water partition coefficient (Wildman–Crippen LogP) is 5.09. The first-order chi connectivity index (χ1) is 14.2. The van der Waals surface area contributed by atoms with E-state index in [1.54, 1.807) is 13.3 Å². The van der Waals surface area contributed by atoms with E-state index in [9.17, 15) is 0 Å². The lowest BCUT2D eigenvalue weighted by Gasteiger charge is -2.01. The molecule has 0 bridgehead atoms. The summed E-state index contributed by atoms with van der Waals surface area (Å²) in [5.74, 6) is 2.12. The molecule has 2 heterocycles. The topological polar surface area (TPSA) is 51.5 Å². The largest absolute Gasteiger partial charge is 0.497 e. The number of hydrogen-bond acceptors (Lipinski definition) is 5. The number of methoxy groups -OCH3 is 1. The molecule has 0 radical (unpaired) electrons. The Morgan fingerprint density at radius 1 is 1.00 bits per heavy atom. The van der Waals surface area contributed by atoms with Crippen LogP contribution in [-0.2, 0) is 6.54 Å². The van der Waals surface area contributed by atoms with Gasteiger partial charge in [0.05, 0.1) is 24.2 Å². The molecule has 4 rings (SSSR count). The Morgan fingerprint density at radius 3 is 2.38 bits per heavy atom. The molecule has 6 heteroatoms. The van der Waals surface area contributed by atoms with Gasteiger partial charge in [-0.2, -0.15) is 4.99 Å². The third kappa shape index (κ3) is 4.46. The summed E-state index contributed by atoms with van der Waals surface area (Å²) in [6.45, 7) is 0.755. The normalized spacial score (nSPS) is 10.4. The van der Waals surface area contributed by atoms with E-state index < -0.39 is 0 Å². The summed E-state index contributed by atoms with van der Waals surface area (Å²) >= 11 is 4.63. The first-order valence-electron chi connectivity index (χ1n) is 9.02. The molecule has 0 spiro atoms. The minimum absolute atomic E-state index is 0.588. The van der Waals surface area contributed by atoms with Crippen molar-refractivity contribution in [2.75, 3.05) is 7.11 Å². The third-order valence-corrected chi connectivity index (χ3v) is 4.59. The average Bonchev–Trinajstić information content (AvgIpc) is 3.26.